The number of aliphatic hydroxyl groups excluding tert-OH is 1. The molecule has 2 aliphatic heterocycles. The number of ether oxygens (including phenoxy) is 2. The molecule has 0 amide bonds. The third-order valence-corrected chi connectivity index (χ3v) is 3.73. The van der Waals surface area contributed by atoms with Crippen LogP contribution in [0.2, 0.25) is 0 Å². The number of hydrogen-bond acceptors (Lipinski definition) is 4. The molecule has 13 heavy (non-hydrogen) atoms. The second-order valence-corrected chi connectivity index (χ2v) is 5.71. The van der Waals surface area contributed by atoms with Crippen LogP contribution in [0.1, 0.15) is 13.8 Å². The van der Waals surface area contributed by atoms with Crippen LogP contribution in [-0.4, -0.2) is 47.1 Å². The largest absolute Gasteiger partial charge is 0.388 e. The zero-order valence-corrected chi connectivity index (χ0v) is 8.79. The predicted molar refractivity (Wildman–Crippen MR) is 52.0 cm³/mol. The second kappa shape index (κ2) is 3.77. The van der Waals surface area contributed by atoms with Crippen molar-refractivity contribution in [2.45, 2.75) is 42.7 Å². The molecule has 3 nitrogen and oxygen atoms in total. The summed E-state index contributed by atoms with van der Waals surface area (Å²) < 4.78 is 11.0. The van der Waals surface area contributed by atoms with E-state index >= 15 is 0 Å². The summed E-state index contributed by atoms with van der Waals surface area (Å²) in [5.41, 5.74) is 0. The van der Waals surface area contributed by atoms with E-state index in [9.17, 15) is 5.11 Å². The Balaban J connectivity index is 1.94. The lowest BCUT2D eigenvalue weighted by molar-refractivity contribution is 0.0188. The molecule has 0 aromatic carbocycles. The Labute approximate surface area is 82.8 Å². The highest BCUT2D eigenvalue weighted by Crippen LogP contribution is 2.35. The molecule has 0 saturated carbocycles. The number of hydrogen-bond donors (Lipinski definition) is 1. The molecule has 2 heterocycles. The van der Waals surface area contributed by atoms with E-state index in [-0.39, 0.29) is 12.2 Å². The van der Waals surface area contributed by atoms with Crippen LogP contribution in [0.15, 0.2) is 0 Å². The molecule has 4 heteroatoms. The maximum Gasteiger partial charge on any atom is 0.113 e. The zero-order valence-electron chi connectivity index (χ0n) is 7.97. The Kier molecular flexibility index (Phi) is 2.83. The molecule has 4 atom stereocenters. The summed E-state index contributed by atoms with van der Waals surface area (Å²) in [6, 6.07) is 0. The molecule has 0 bridgehead atoms. The molecule has 0 aromatic rings. The lowest BCUT2D eigenvalue weighted by atomic mass is 10.1. The van der Waals surface area contributed by atoms with Crippen LogP contribution in [-0.2, 0) is 9.47 Å². The van der Waals surface area contributed by atoms with Crippen LogP contribution >= 0.6 is 11.8 Å². The average Bonchev–Trinajstić information content (AvgIpc) is 2.56. The molecular formula is C9H16O3S. The molecule has 1 N–H and O–H groups in total. The third kappa shape index (κ3) is 1.86. The fraction of sp³-hybridized carbons (Fsp3) is 1.00. The summed E-state index contributed by atoms with van der Waals surface area (Å²) in [5, 5.41) is 10.5. The smallest absolute Gasteiger partial charge is 0.113 e. The second-order valence-electron chi connectivity index (χ2n) is 3.89. The summed E-state index contributed by atoms with van der Waals surface area (Å²) in [7, 11) is 0. The van der Waals surface area contributed by atoms with E-state index in [1.54, 1.807) is 0 Å². The van der Waals surface area contributed by atoms with Gasteiger partial charge in [0.15, 0.2) is 0 Å². The summed E-state index contributed by atoms with van der Waals surface area (Å²) in [6.07, 6.45) is -0.374. The predicted octanol–water partition coefficient (Wildman–Crippen LogP) is 0.655. The number of aliphatic hydroxyl groups is 1. The third-order valence-electron chi connectivity index (χ3n) is 2.43. The van der Waals surface area contributed by atoms with Crippen molar-refractivity contribution >= 4 is 11.8 Å². The van der Waals surface area contributed by atoms with E-state index in [4.69, 9.17) is 9.47 Å². The van der Waals surface area contributed by atoms with E-state index in [2.05, 4.69) is 13.8 Å². The van der Waals surface area contributed by atoms with Crippen LogP contribution in [0.5, 0.6) is 0 Å². The Morgan fingerprint density at radius 2 is 1.92 bits per heavy atom. The summed E-state index contributed by atoms with van der Waals surface area (Å²) in [6.45, 7) is 5.49. The first-order valence-electron chi connectivity index (χ1n) is 4.75. The fourth-order valence-corrected chi connectivity index (χ4v) is 3.15. The topological polar surface area (TPSA) is 38.7 Å². The molecule has 4 unspecified atom stereocenters. The normalized spacial score (nSPS) is 44.3. The van der Waals surface area contributed by atoms with Crippen molar-refractivity contribution in [1.82, 2.24) is 0 Å². The van der Waals surface area contributed by atoms with Gasteiger partial charge < -0.3 is 14.6 Å². The minimum Gasteiger partial charge on any atom is -0.388 e. The van der Waals surface area contributed by atoms with Crippen molar-refractivity contribution in [3.8, 4) is 0 Å². The lowest BCUT2D eigenvalue weighted by Gasteiger charge is -2.16. The van der Waals surface area contributed by atoms with E-state index in [1.165, 1.54) is 0 Å². The molecule has 0 aromatic heterocycles. The molecule has 2 saturated heterocycles. The molecule has 2 aliphatic rings. The van der Waals surface area contributed by atoms with Gasteiger partial charge >= 0.3 is 0 Å². The van der Waals surface area contributed by atoms with Gasteiger partial charge in [0.25, 0.3) is 0 Å². The Hall–Kier alpha value is 0.230. The van der Waals surface area contributed by atoms with Crippen molar-refractivity contribution < 1.29 is 14.6 Å². The lowest BCUT2D eigenvalue weighted by Crippen LogP contribution is -2.30. The fourth-order valence-electron chi connectivity index (χ4n) is 1.91. The van der Waals surface area contributed by atoms with Gasteiger partial charge in [-0.05, 0) is 5.25 Å². The molecule has 2 fully saturated rings. The summed E-state index contributed by atoms with van der Waals surface area (Å²) >= 11 is 1.88. The van der Waals surface area contributed by atoms with Crippen LogP contribution in [0.3, 0.4) is 0 Å². The van der Waals surface area contributed by atoms with E-state index in [0.717, 1.165) is 6.61 Å². The summed E-state index contributed by atoms with van der Waals surface area (Å²) in [5.74, 6) is 0. The quantitative estimate of drug-likeness (QED) is 0.717. The van der Waals surface area contributed by atoms with E-state index in [1.807, 2.05) is 11.8 Å². The van der Waals surface area contributed by atoms with Gasteiger partial charge in [-0.25, -0.2) is 0 Å². The highest BCUT2D eigenvalue weighted by molar-refractivity contribution is 8.00. The average molecular weight is 204 g/mol. The van der Waals surface area contributed by atoms with Gasteiger partial charge in [0.1, 0.15) is 18.3 Å². The molecule has 0 radical (unpaired) electrons. The molecular weight excluding hydrogens is 188 g/mol. The number of fused-ring (bicyclic) bond motifs is 1. The highest BCUT2D eigenvalue weighted by Gasteiger charge is 2.47. The molecule has 0 spiro atoms. The SMILES string of the molecule is CC(C)SC1COC2C(O)COC12. The molecule has 76 valence electrons. The minimum atomic E-state index is -0.414. The van der Waals surface area contributed by atoms with Crippen molar-refractivity contribution in [2.24, 2.45) is 0 Å². The molecule has 2 rings (SSSR count). The van der Waals surface area contributed by atoms with Crippen LogP contribution in [0.25, 0.3) is 0 Å². The Morgan fingerprint density at radius 3 is 2.62 bits per heavy atom. The van der Waals surface area contributed by atoms with Crippen LogP contribution < -0.4 is 0 Å². The van der Waals surface area contributed by atoms with Gasteiger partial charge in [0.05, 0.1) is 18.5 Å². The van der Waals surface area contributed by atoms with Gasteiger partial charge in [0.2, 0.25) is 0 Å². The van der Waals surface area contributed by atoms with Gasteiger partial charge in [-0.2, -0.15) is 11.8 Å². The van der Waals surface area contributed by atoms with Crippen molar-refractivity contribution in [1.29, 1.82) is 0 Å². The molecule has 0 aliphatic carbocycles. The zero-order chi connectivity index (χ0) is 9.42. The van der Waals surface area contributed by atoms with Crippen molar-refractivity contribution in [2.75, 3.05) is 13.2 Å². The first-order valence-corrected chi connectivity index (χ1v) is 5.69. The first kappa shape index (κ1) is 9.77. The summed E-state index contributed by atoms with van der Waals surface area (Å²) in [4.78, 5) is 0. The highest BCUT2D eigenvalue weighted by atomic mass is 32.2. The van der Waals surface area contributed by atoms with Gasteiger partial charge in [-0.3, -0.25) is 0 Å². The minimum absolute atomic E-state index is 0.0729. The van der Waals surface area contributed by atoms with Gasteiger partial charge in [-0.1, -0.05) is 13.8 Å². The van der Waals surface area contributed by atoms with E-state index in [0.29, 0.717) is 17.1 Å². The Morgan fingerprint density at radius 1 is 1.23 bits per heavy atom. The van der Waals surface area contributed by atoms with Gasteiger partial charge in [0, 0.05) is 0 Å². The Bertz CT molecular complexity index is 186. The van der Waals surface area contributed by atoms with Crippen molar-refractivity contribution in [3.05, 3.63) is 0 Å². The van der Waals surface area contributed by atoms with Crippen molar-refractivity contribution in [3.63, 3.8) is 0 Å². The standard InChI is InChI=1S/C9H16O3S/c1-5(2)13-7-4-12-8-6(10)3-11-9(7)8/h5-10H,3-4H2,1-2H3. The van der Waals surface area contributed by atoms with Crippen LogP contribution in [0.4, 0.5) is 0 Å². The number of rotatable bonds is 2. The number of thioether (sulfide) groups is 1. The van der Waals surface area contributed by atoms with E-state index < -0.39 is 6.10 Å². The van der Waals surface area contributed by atoms with Gasteiger partial charge in [-0.15, -0.1) is 0 Å². The maximum atomic E-state index is 9.49. The first-order chi connectivity index (χ1) is 6.18. The van der Waals surface area contributed by atoms with Crippen LogP contribution in [0, 0.1) is 0 Å². The maximum absolute atomic E-state index is 9.49. The monoisotopic (exact) mass is 204 g/mol.